The lowest BCUT2D eigenvalue weighted by Gasteiger charge is -2.04. The molecule has 0 aliphatic carbocycles. The second-order valence-electron chi connectivity index (χ2n) is 5.96. The Hall–Kier alpha value is -1.36. The van der Waals surface area contributed by atoms with Crippen LogP contribution in [0, 0.1) is 0 Å². The van der Waals surface area contributed by atoms with Gasteiger partial charge >= 0.3 is 5.97 Å². The van der Waals surface area contributed by atoms with Crippen LogP contribution in [0.4, 0.5) is 0 Å². The van der Waals surface area contributed by atoms with E-state index in [1.165, 1.54) is 0 Å². The molecule has 0 spiro atoms. The van der Waals surface area contributed by atoms with Crippen LogP contribution in [0.1, 0.15) is 64.2 Å². The summed E-state index contributed by atoms with van der Waals surface area (Å²) in [6, 6.07) is 8.63. The van der Waals surface area contributed by atoms with Crippen molar-refractivity contribution >= 4 is 15.8 Å². The maximum atomic E-state index is 12.1. The standard InChI is InChI=1S/C18H28O4S/c19-18(20)15-11-6-4-2-1-3-5-7-12-16-23(21,22)17-13-9-8-10-14-17/h8-10,13-14H,1-7,11-12,15-16H2,(H,19,20). The van der Waals surface area contributed by atoms with Crippen molar-refractivity contribution in [2.75, 3.05) is 5.75 Å². The van der Waals surface area contributed by atoms with Crippen LogP contribution in [0.15, 0.2) is 35.2 Å². The van der Waals surface area contributed by atoms with E-state index in [9.17, 15) is 13.2 Å². The van der Waals surface area contributed by atoms with Gasteiger partial charge in [-0.3, -0.25) is 4.79 Å². The van der Waals surface area contributed by atoms with Crippen molar-refractivity contribution in [1.29, 1.82) is 0 Å². The molecule has 1 aromatic carbocycles. The Bertz CT molecular complexity index is 537. The van der Waals surface area contributed by atoms with E-state index in [4.69, 9.17) is 5.11 Å². The van der Waals surface area contributed by atoms with Gasteiger partial charge in [0.25, 0.3) is 0 Å². The Morgan fingerprint density at radius 2 is 1.26 bits per heavy atom. The predicted octanol–water partition coefficient (Wildman–Crippen LogP) is 4.45. The van der Waals surface area contributed by atoms with E-state index >= 15 is 0 Å². The van der Waals surface area contributed by atoms with Gasteiger partial charge in [0.2, 0.25) is 0 Å². The number of carboxylic acid groups (broad SMARTS) is 1. The van der Waals surface area contributed by atoms with Crippen LogP contribution in [0.25, 0.3) is 0 Å². The number of hydrogen-bond acceptors (Lipinski definition) is 3. The van der Waals surface area contributed by atoms with E-state index in [0.717, 1.165) is 57.8 Å². The molecule has 0 amide bonds. The summed E-state index contributed by atoms with van der Waals surface area (Å²) >= 11 is 0. The van der Waals surface area contributed by atoms with Gasteiger partial charge < -0.3 is 5.11 Å². The van der Waals surface area contributed by atoms with E-state index in [-0.39, 0.29) is 12.2 Å². The third kappa shape index (κ3) is 9.39. The molecule has 0 heterocycles. The number of aliphatic carboxylic acids is 1. The summed E-state index contributed by atoms with van der Waals surface area (Å²) in [4.78, 5) is 10.8. The summed E-state index contributed by atoms with van der Waals surface area (Å²) in [6.07, 6.45) is 9.28. The third-order valence-corrected chi connectivity index (χ3v) is 5.72. The van der Waals surface area contributed by atoms with Gasteiger partial charge in [0.05, 0.1) is 10.6 Å². The van der Waals surface area contributed by atoms with Gasteiger partial charge in [-0.15, -0.1) is 0 Å². The summed E-state index contributed by atoms with van der Waals surface area (Å²) in [7, 11) is -3.12. The van der Waals surface area contributed by atoms with Crippen molar-refractivity contribution < 1.29 is 18.3 Å². The predicted molar refractivity (Wildman–Crippen MR) is 92.3 cm³/mol. The highest BCUT2D eigenvalue weighted by atomic mass is 32.2. The van der Waals surface area contributed by atoms with Crippen molar-refractivity contribution in [2.45, 2.75) is 69.1 Å². The number of sulfone groups is 1. The summed E-state index contributed by atoms with van der Waals surface area (Å²) < 4.78 is 24.1. The first-order valence-electron chi connectivity index (χ1n) is 8.52. The fraction of sp³-hybridized carbons (Fsp3) is 0.611. The molecule has 1 N–H and O–H groups in total. The van der Waals surface area contributed by atoms with Crippen molar-refractivity contribution in [3.63, 3.8) is 0 Å². The maximum Gasteiger partial charge on any atom is 0.303 e. The SMILES string of the molecule is O=C(O)CCCCCCCCCCCS(=O)(=O)c1ccccc1. The first kappa shape index (κ1) is 19.7. The lowest BCUT2D eigenvalue weighted by atomic mass is 10.1. The second kappa shape index (κ2) is 11.2. The fourth-order valence-corrected chi connectivity index (χ4v) is 3.94. The first-order valence-corrected chi connectivity index (χ1v) is 10.2. The third-order valence-electron chi connectivity index (χ3n) is 3.91. The van der Waals surface area contributed by atoms with Gasteiger partial charge in [-0.25, -0.2) is 8.42 Å². The van der Waals surface area contributed by atoms with Crippen LogP contribution in [0.2, 0.25) is 0 Å². The molecule has 0 saturated carbocycles. The Labute approximate surface area is 139 Å². The van der Waals surface area contributed by atoms with Crippen molar-refractivity contribution in [1.82, 2.24) is 0 Å². The van der Waals surface area contributed by atoms with E-state index in [2.05, 4.69) is 0 Å². The minimum atomic E-state index is -3.12. The van der Waals surface area contributed by atoms with Crippen LogP contribution in [0.5, 0.6) is 0 Å². The van der Waals surface area contributed by atoms with Crippen molar-refractivity contribution in [3.8, 4) is 0 Å². The Kier molecular flexibility index (Phi) is 9.60. The Balaban J connectivity index is 1.98. The molecular weight excluding hydrogens is 312 g/mol. The highest BCUT2D eigenvalue weighted by molar-refractivity contribution is 7.91. The largest absolute Gasteiger partial charge is 0.481 e. The lowest BCUT2D eigenvalue weighted by molar-refractivity contribution is -0.137. The fourth-order valence-electron chi connectivity index (χ4n) is 2.55. The van der Waals surface area contributed by atoms with Gasteiger partial charge in [0.1, 0.15) is 0 Å². The summed E-state index contributed by atoms with van der Waals surface area (Å²) in [5.74, 6) is -0.484. The monoisotopic (exact) mass is 340 g/mol. The topological polar surface area (TPSA) is 71.4 Å². The average Bonchev–Trinajstić information content (AvgIpc) is 2.53. The number of hydrogen-bond donors (Lipinski definition) is 1. The Morgan fingerprint density at radius 1 is 0.783 bits per heavy atom. The summed E-state index contributed by atoms with van der Waals surface area (Å²) in [5, 5.41) is 8.52. The molecule has 23 heavy (non-hydrogen) atoms. The molecule has 0 aliphatic heterocycles. The molecule has 0 aliphatic rings. The van der Waals surface area contributed by atoms with Crippen LogP contribution < -0.4 is 0 Å². The molecule has 0 saturated heterocycles. The zero-order valence-corrected chi connectivity index (χ0v) is 14.6. The highest BCUT2D eigenvalue weighted by Gasteiger charge is 2.12. The normalized spacial score (nSPS) is 11.5. The molecular formula is C18H28O4S. The van der Waals surface area contributed by atoms with E-state index in [0.29, 0.717) is 4.90 Å². The van der Waals surface area contributed by atoms with Gasteiger partial charge in [-0.05, 0) is 25.0 Å². The Morgan fingerprint density at radius 3 is 1.78 bits per heavy atom. The molecule has 0 aromatic heterocycles. The number of carbonyl (C=O) groups is 1. The smallest absolute Gasteiger partial charge is 0.303 e. The molecule has 0 radical (unpaired) electrons. The summed E-state index contributed by atoms with van der Waals surface area (Å²) in [6.45, 7) is 0. The van der Waals surface area contributed by atoms with Crippen LogP contribution in [-0.2, 0) is 14.6 Å². The molecule has 130 valence electrons. The molecule has 5 heteroatoms. The number of carboxylic acids is 1. The highest BCUT2D eigenvalue weighted by Crippen LogP contribution is 2.14. The van der Waals surface area contributed by atoms with E-state index < -0.39 is 15.8 Å². The quantitative estimate of drug-likeness (QED) is 0.539. The molecule has 1 aromatic rings. The van der Waals surface area contributed by atoms with E-state index in [1.54, 1.807) is 24.3 Å². The van der Waals surface area contributed by atoms with Crippen LogP contribution in [0.3, 0.4) is 0 Å². The van der Waals surface area contributed by atoms with Gasteiger partial charge in [0.15, 0.2) is 9.84 Å². The second-order valence-corrected chi connectivity index (χ2v) is 8.07. The average molecular weight is 340 g/mol. The zero-order valence-electron chi connectivity index (χ0n) is 13.7. The molecule has 4 nitrogen and oxygen atoms in total. The van der Waals surface area contributed by atoms with E-state index in [1.807, 2.05) is 6.07 Å². The number of unbranched alkanes of at least 4 members (excludes halogenated alkanes) is 8. The molecule has 0 atom stereocenters. The molecule has 0 unspecified atom stereocenters. The van der Waals surface area contributed by atoms with Crippen molar-refractivity contribution in [2.24, 2.45) is 0 Å². The van der Waals surface area contributed by atoms with Gasteiger partial charge in [-0.1, -0.05) is 63.1 Å². The zero-order chi connectivity index (χ0) is 17.0. The molecule has 0 fully saturated rings. The van der Waals surface area contributed by atoms with Crippen LogP contribution in [-0.4, -0.2) is 25.2 Å². The summed E-state index contributed by atoms with van der Waals surface area (Å²) in [5.41, 5.74) is 0. The lowest BCUT2D eigenvalue weighted by Crippen LogP contribution is -2.06. The minimum Gasteiger partial charge on any atom is -0.481 e. The van der Waals surface area contributed by atoms with Gasteiger partial charge in [0, 0.05) is 6.42 Å². The minimum absolute atomic E-state index is 0.228. The van der Waals surface area contributed by atoms with Crippen LogP contribution >= 0.6 is 0 Å². The maximum absolute atomic E-state index is 12.1. The first-order chi connectivity index (χ1) is 11.0. The van der Waals surface area contributed by atoms with Crippen molar-refractivity contribution in [3.05, 3.63) is 30.3 Å². The number of benzene rings is 1. The van der Waals surface area contributed by atoms with Gasteiger partial charge in [-0.2, -0.15) is 0 Å². The molecule has 0 bridgehead atoms. The number of rotatable bonds is 13. The molecule has 1 rings (SSSR count).